The molecule has 0 aliphatic carbocycles. The molecule has 17 heavy (non-hydrogen) atoms. The molecule has 2 nitrogen and oxygen atoms in total. The first kappa shape index (κ1) is 12.6. The molecule has 1 heterocycles. The molecule has 0 aromatic heterocycles. The summed E-state index contributed by atoms with van der Waals surface area (Å²) in [4.78, 5) is 1.64. The summed E-state index contributed by atoms with van der Waals surface area (Å²) in [5, 5.41) is 0. The number of rotatable bonds is 2. The minimum atomic E-state index is 0.254. The zero-order valence-electron chi connectivity index (χ0n) is 11.3. The highest BCUT2D eigenvalue weighted by molar-refractivity contribution is 5.27. The predicted molar refractivity (Wildman–Crippen MR) is 70.4 cm³/mol. The van der Waals surface area contributed by atoms with Crippen molar-refractivity contribution < 1.29 is 9.64 Å². The molecule has 0 saturated carbocycles. The first-order valence-electron chi connectivity index (χ1n) is 6.56. The van der Waals surface area contributed by atoms with Crippen LogP contribution < -0.4 is 4.90 Å². The Hall–Kier alpha value is -0.860. The third-order valence-electron chi connectivity index (χ3n) is 3.47. The first-order valence-corrected chi connectivity index (χ1v) is 6.56. The first-order chi connectivity index (χ1) is 8.05. The van der Waals surface area contributed by atoms with E-state index >= 15 is 0 Å². The molecular formula is C15H24NO+. The van der Waals surface area contributed by atoms with E-state index < -0.39 is 0 Å². The molecule has 1 fully saturated rings. The van der Waals surface area contributed by atoms with Gasteiger partial charge in [-0.3, -0.25) is 0 Å². The van der Waals surface area contributed by atoms with Crippen LogP contribution in [0.4, 0.5) is 0 Å². The summed E-state index contributed by atoms with van der Waals surface area (Å²) in [5.74, 6) is 0. The highest BCUT2D eigenvalue weighted by Gasteiger charge is 2.16. The van der Waals surface area contributed by atoms with Gasteiger partial charge in [-0.2, -0.15) is 0 Å². The van der Waals surface area contributed by atoms with Gasteiger partial charge in [-0.15, -0.1) is 0 Å². The van der Waals surface area contributed by atoms with Crippen LogP contribution in [0.25, 0.3) is 0 Å². The molecule has 2 heteroatoms. The minimum Gasteiger partial charge on any atom is -0.370 e. The fourth-order valence-electron chi connectivity index (χ4n) is 2.25. The summed E-state index contributed by atoms with van der Waals surface area (Å²) in [6.07, 6.45) is 0. The lowest BCUT2D eigenvalue weighted by Crippen LogP contribution is -3.12. The van der Waals surface area contributed by atoms with E-state index in [9.17, 15) is 0 Å². The van der Waals surface area contributed by atoms with Crippen molar-refractivity contribution in [3.8, 4) is 0 Å². The van der Waals surface area contributed by atoms with Crippen LogP contribution in [0, 0.1) is 0 Å². The van der Waals surface area contributed by atoms with Crippen molar-refractivity contribution in [2.24, 2.45) is 0 Å². The molecule has 1 aromatic carbocycles. The number of morpholine rings is 1. The topological polar surface area (TPSA) is 13.7 Å². The summed E-state index contributed by atoms with van der Waals surface area (Å²) in [5.41, 5.74) is 3.11. The molecule has 1 aliphatic rings. The molecular weight excluding hydrogens is 210 g/mol. The highest BCUT2D eigenvalue weighted by atomic mass is 16.5. The molecule has 0 atom stereocenters. The lowest BCUT2D eigenvalue weighted by Gasteiger charge is -2.24. The van der Waals surface area contributed by atoms with Gasteiger partial charge in [0.25, 0.3) is 0 Å². The van der Waals surface area contributed by atoms with Gasteiger partial charge in [0.2, 0.25) is 0 Å². The monoisotopic (exact) mass is 234 g/mol. The summed E-state index contributed by atoms with van der Waals surface area (Å²) in [7, 11) is 0. The Morgan fingerprint density at radius 3 is 2.18 bits per heavy atom. The van der Waals surface area contributed by atoms with Gasteiger partial charge >= 0.3 is 0 Å². The number of benzene rings is 1. The second-order valence-electron chi connectivity index (χ2n) is 5.99. The van der Waals surface area contributed by atoms with Gasteiger partial charge in [0, 0.05) is 5.56 Å². The standard InChI is InChI=1S/C15H23NO/c1-15(2,3)14-6-4-13(5-7-14)12-16-8-10-17-11-9-16/h4-7H,8-12H2,1-3H3/p+1. The number of hydrogen-bond acceptors (Lipinski definition) is 1. The largest absolute Gasteiger partial charge is 0.370 e. The van der Waals surface area contributed by atoms with Crippen LogP contribution in [0.2, 0.25) is 0 Å². The maximum atomic E-state index is 5.38. The second kappa shape index (κ2) is 5.19. The SMILES string of the molecule is CC(C)(C)c1ccc(C[NH+]2CCOCC2)cc1. The molecule has 1 N–H and O–H groups in total. The fraction of sp³-hybridized carbons (Fsp3) is 0.600. The van der Waals surface area contributed by atoms with Crippen LogP contribution in [0.1, 0.15) is 31.9 Å². The summed E-state index contributed by atoms with van der Waals surface area (Å²) < 4.78 is 5.38. The van der Waals surface area contributed by atoms with Gasteiger partial charge in [-0.05, 0) is 11.0 Å². The van der Waals surface area contributed by atoms with E-state index in [0.717, 1.165) is 32.8 Å². The third kappa shape index (κ3) is 3.55. The molecule has 1 saturated heterocycles. The van der Waals surface area contributed by atoms with E-state index in [-0.39, 0.29) is 5.41 Å². The summed E-state index contributed by atoms with van der Waals surface area (Å²) in [6, 6.07) is 9.11. The van der Waals surface area contributed by atoms with E-state index in [1.165, 1.54) is 11.1 Å². The lowest BCUT2D eigenvalue weighted by atomic mass is 9.87. The number of hydrogen-bond donors (Lipinski definition) is 1. The van der Waals surface area contributed by atoms with Crippen LogP contribution in [-0.2, 0) is 16.7 Å². The molecule has 0 amide bonds. The average Bonchev–Trinajstić information content (AvgIpc) is 2.30. The molecule has 0 spiro atoms. The van der Waals surface area contributed by atoms with Gasteiger partial charge in [0.1, 0.15) is 19.6 Å². The molecule has 1 aliphatic heterocycles. The molecule has 0 unspecified atom stereocenters. The van der Waals surface area contributed by atoms with Crippen LogP contribution in [0.3, 0.4) is 0 Å². The smallest absolute Gasteiger partial charge is 0.103 e. The summed E-state index contributed by atoms with van der Waals surface area (Å²) in [6.45, 7) is 12.0. The third-order valence-corrected chi connectivity index (χ3v) is 3.47. The lowest BCUT2D eigenvalue weighted by molar-refractivity contribution is -0.921. The Kier molecular flexibility index (Phi) is 3.85. The van der Waals surface area contributed by atoms with E-state index in [1.54, 1.807) is 4.90 Å². The predicted octanol–water partition coefficient (Wildman–Crippen LogP) is 1.40. The van der Waals surface area contributed by atoms with Gasteiger partial charge in [-0.25, -0.2) is 0 Å². The molecule has 0 bridgehead atoms. The number of ether oxygens (including phenoxy) is 1. The quantitative estimate of drug-likeness (QED) is 0.816. The van der Waals surface area contributed by atoms with Crippen molar-refractivity contribution in [3.63, 3.8) is 0 Å². The Labute approximate surface area is 105 Å². The van der Waals surface area contributed by atoms with Crippen molar-refractivity contribution in [3.05, 3.63) is 35.4 Å². The van der Waals surface area contributed by atoms with Crippen LogP contribution in [-0.4, -0.2) is 26.3 Å². The Morgan fingerprint density at radius 1 is 1.06 bits per heavy atom. The highest BCUT2D eigenvalue weighted by Crippen LogP contribution is 2.21. The van der Waals surface area contributed by atoms with Crippen molar-refractivity contribution in [1.29, 1.82) is 0 Å². The van der Waals surface area contributed by atoms with Crippen LogP contribution in [0.15, 0.2) is 24.3 Å². The molecule has 2 rings (SSSR count). The Bertz CT molecular complexity index is 344. The Balaban J connectivity index is 1.98. The molecule has 94 valence electrons. The maximum Gasteiger partial charge on any atom is 0.103 e. The van der Waals surface area contributed by atoms with Crippen LogP contribution >= 0.6 is 0 Å². The number of quaternary nitrogens is 1. The minimum absolute atomic E-state index is 0.254. The van der Waals surface area contributed by atoms with E-state index in [2.05, 4.69) is 45.0 Å². The van der Waals surface area contributed by atoms with E-state index in [4.69, 9.17) is 4.74 Å². The van der Waals surface area contributed by atoms with Crippen LogP contribution in [0.5, 0.6) is 0 Å². The molecule has 1 aromatic rings. The van der Waals surface area contributed by atoms with Gasteiger partial charge in [0.15, 0.2) is 0 Å². The molecule has 0 radical (unpaired) electrons. The second-order valence-corrected chi connectivity index (χ2v) is 5.99. The normalized spacial score (nSPS) is 18.3. The van der Waals surface area contributed by atoms with E-state index in [0.29, 0.717) is 0 Å². The number of nitrogens with one attached hydrogen (secondary N) is 1. The van der Waals surface area contributed by atoms with E-state index in [1.807, 2.05) is 0 Å². The Morgan fingerprint density at radius 2 is 1.65 bits per heavy atom. The fourth-order valence-corrected chi connectivity index (χ4v) is 2.25. The van der Waals surface area contributed by atoms with Crippen molar-refractivity contribution in [2.75, 3.05) is 26.3 Å². The van der Waals surface area contributed by atoms with Crippen molar-refractivity contribution in [2.45, 2.75) is 32.7 Å². The van der Waals surface area contributed by atoms with Crippen molar-refractivity contribution >= 4 is 0 Å². The summed E-state index contributed by atoms with van der Waals surface area (Å²) >= 11 is 0. The van der Waals surface area contributed by atoms with Gasteiger partial charge < -0.3 is 9.64 Å². The maximum absolute atomic E-state index is 5.38. The average molecular weight is 234 g/mol. The van der Waals surface area contributed by atoms with Crippen molar-refractivity contribution in [1.82, 2.24) is 0 Å². The zero-order chi connectivity index (χ0) is 12.3. The van der Waals surface area contributed by atoms with Gasteiger partial charge in [0.05, 0.1) is 13.2 Å². The van der Waals surface area contributed by atoms with Gasteiger partial charge in [-0.1, -0.05) is 45.0 Å². The zero-order valence-corrected chi connectivity index (χ0v) is 11.3.